The molecule has 1 aromatic heterocycles. The molecule has 0 unspecified atom stereocenters. The maximum atomic E-state index is 11.4. The van der Waals surface area contributed by atoms with E-state index >= 15 is 0 Å². The van der Waals surface area contributed by atoms with Gasteiger partial charge in [0.2, 0.25) is 0 Å². The fraction of sp³-hybridized carbons (Fsp3) is 0.538. The lowest BCUT2D eigenvalue weighted by Crippen LogP contribution is -2.22. The average Bonchev–Trinajstić information content (AvgIpc) is 2.89. The van der Waals surface area contributed by atoms with Crippen molar-refractivity contribution < 1.29 is 4.79 Å². The Labute approximate surface area is 102 Å². The van der Waals surface area contributed by atoms with Gasteiger partial charge in [-0.1, -0.05) is 0 Å². The SMILES string of the molecule is CNC(=O)c1cc(CCN2CCCC2)ccn1. The lowest BCUT2D eigenvalue weighted by molar-refractivity contribution is 0.0958. The van der Waals surface area contributed by atoms with Crippen LogP contribution in [-0.2, 0) is 6.42 Å². The van der Waals surface area contributed by atoms with E-state index in [-0.39, 0.29) is 5.91 Å². The highest BCUT2D eigenvalue weighted by atomic mass is 16.1. The number of aromatic nitrogens is 1. The highest BCUT2D eigenvalue weighted by Crippen LogP contribution is 2.09. The Morgan fingerprint density at radius 2 is 2.24 bits per heavy atom. The third-order valence-corrected chi connectivity index (χ3v) is 3.20. The van der Waals surface area contributed by atoms with Crippen LogP contribution in [0, 0.1) is 0 Å². The lowest BCUT2D eigenvalue weighted by Gasteiger charge is -2.14. The van der Waals surface area contributed by atoms with Gasteiger partial charge in [-0.05, 0) is 50.0 Å². The molecular formula is C13H19N3O. The standard InChI is InChI=1S/C13H19N3O/c1-14-13(17)12-10-11(4-6-15-12)5-9-16-7-2-3-8-16/h4,6,10H,2-3,5,7-9H2,1H3,(H,14,17). The van der Waals surface area contributed by atoms with Gasteiger partial charge in [0.15, 0.2) is 0 Å². The number of hydrogen-bond donors (Lipinski definition) is 1. The van der Waals surface area contributed by atoms with Gasteiger partial charge < -0.3 is 10.2 Å². The maximum Gasteiger partial charge on any atom is 0.269 e. The summed E-state index contributed by atoms with van der Waals surface area (Å²) in [6, 6.07) is 3.87. The van der Waals surface area contributed by atoms with Crippen LogP contribution < -0.4 is 5.32 Å². The molecule has 2 rings (SSSR count). The predicted molar refractivity (Wildman–Crippen MR) is 67.0 cm³/mol. The van der Waals surface area contributed by atoms with Gasteiger partial charge in [-0.2, -0.15) is 0 Å². The first-order valence-electron chi connectivity index (χ1n) is 6.19. The number of likely N-dealkylation sites (tertiary alicyclic amines) is 1. The molecule has 1 fully saturated rings. The summed E-state index contributed by atoms with van der Waals surface area (Å²) in [5, 5.41) is 2.59. The van der Waals surface area contributed by atoms with E-state index in [1.807, 2.05) is 12.1 Å². The van der Waals surface area contributed by atoms with Crippen LogP contribution in [0.15, 0.2) is 18.3 Å². The molecular weight excluding hydrogens is 214 g/mol. The summed E-state index contributed by atoms with van der Waals surface area (Å²) >= 11 is 0. The summed E-state index contributed by atoms with van der Waals surface area (Å²) in [6.45, 7) is 3.51. The van der Waals surface area contributed by atoms with Crippen molar-refractivity contribution in [3.8, 4) is 0 Å². The summed E-state index contributed by atoms with van der Waals surface area (Å²) in [7, 11) is 1.63. The second-order valence-electron chi connectivity index (χ2n) is 4.43. The molecule has 1 aromatic rings. The molecule has 1 aliphatic heterocycles. The average molecular weight is 233 g/mol. The zero-order valence-electron chi connectivity index (χ0n) is 10.3. The molecule has 1 saturated heterocycles. The normalized spacial score (nSPS) is 16.1. The fourth-order valence-electron chi connectivity index (χ4n) is 2.18. The summed E-state index contributed by atoms with van der Waals surface area (Å²) in [4.78, 5) is 18.0. The summed E-state index contributed by atoms with van der Waals surface area (Å²) < 4.78 is 0. The molecule has 0 aliphatic carbocycles. The quantitative estimate of drug-likeness (QED) is 0.846. The number of amides is 1. The van der Waals surface area contributed by atoms with Crippen LogP contribution in [0.5, 0.6) is 0 Å². The molecule has 0 bridgehead atoms. The molecule has 4 nitrogen and oxygen atoms in total. The van der Waals surface area contributed by atoms with E-state index in [0.29, 0.717) is 5.69 Å². The Kier molecular flexibility index (Phi) is 4.09. The Bertz CT molecular complexity index is 386. The van der Waals surface area contributed by atoms with Gasteiger partial charge in [-0.15, -0.1) is 0 Å². The van der Waals surface area contributed by atoms with Gasteiger partial charge in [0.1, 0.15) is 5.69 Å². The number of rotatable bonds is 4. The minimum atomic E-state index is -0.118. The fourth-order valence-corrected chi connectivity index (χ4v) is 2.18. The van der Waals surface area contributed by atoms with Crippen molar-refractivity contribution in [1.29, 1.82) is 0 Å². The van der Waals surface area contributed by atoms with Crippen molar-refractivity contribution >= 4 is 5.91 Å². The number of carbonyl (C=O) groups is 1. The zero-order valence-corrected chi connectivity index (χ0v) is 10.3. The molecule has 92 valence electrons. The monoisotopic (exact) mass is 233 g/mol. The smallest absolute Gasteiger partial charge is 0.269 e. The Morgan fingerprint density at radius 3 is 2.94 bits per heavy atom. The third-order valence-electron chi connectivity index (χ3n) is 3.20. The number of pyridine rings is 1. The van der Waals surface area contributed by atoms with Crippen LogP contribution in [0.2, 0.25) is 0 Å². The van der Waals surface area contributed by atoms with E-state index in [4.69, 9.17) is 0 Å². The van der Waals surface area contributed by atoms with Gasteiger partial charge in [-0.3, -0.25) is 9.78 Å². The number of nitrogens with zero attached hydrogens (tertiary/aromatic N) is 2. The van der Waals surface area contributed by atoms with E-state index in [0.717, 1.165) is 13.0 Å². The molecule has 0 radical (unpaired) electrons. The first kappa shape index (κ1) is 12.0. The van der Waals surface area contributed by atoms with E-state index in [1.165, 1.54) is 31.5 Å². The number of hydrogen-bond acceptors (Lipinski definition) is 3. The van der Waals surface area contributed by atoms with Gasteiger partial charge in [-0.25, -0.2) is 0 Å². The predicted octanol–water partition coefficient (Wildman–Crippen LogP) is 1.08. The van der Waals surface area contributed by atoms with Crippen molar-refractivity contribution in [3.63, 3.8) is 0 Å². The zero-order chi connectivity index (χ0) is 12.1. The van der Waals surface area contributed by atoms with Crippen molar-refractivity contribution in [3.05, 3.63) is 29.6 Å². The highest BCUT2D eigenvalue weighted by molar-refractivity contribution is 5.92. The molecule has 1 amide bonds. The molecule has 0 aromatic carbocycles. The molecule has 17 heavy (non-hydrogen) atoms. The Morgan fingerprint density at radius 1 is 1.47 bits per heavy atom. The van der Waals surface area contributed by atoms with Crippen molar-refractivity contribution in [1.82, 2.24) is 15.2 Å². The molecule has 0 saturated carbocycles. The molecule has 0 atom stereocenters. The number of carbonyl (C=O) groups excluding carboxylic acids is 1. The Hall–Kier alpha value is -1.42. The van der Waals surface area contributed by atoms with Crippen molar-refractivity contribution in [2.75, 3.05) is 26.7 Å². The second kappa shape index (κ2) is 5.77. The van der Waals surface area contributed by atoms with Gasteiger partial charge >= 0.3 is 0 Å². The summed E-state index contributed by atoms with van der Waals surface area (Å²) in [5.74, 6) is -0.118. The van der Waals surface area contributed by atoms with E-state index in [9.17, 15) is 4.79 Å². The molecule has 4 heteroatoms. The third kappa shape index (κ3) is 3.27. The van der Waals surface area contributed by atoms with Crippen LogP contribution in [0.1, 0.15) is 28.9 Å². The minimum absolute atomic E-state index is 0.118. The summed E-state index contributed by atoms with van der Waals surface area (Å²) in [6.07, 6.45) is 5.34. The van der Waals surface area contributed by atoms with Gasteiger partial charge in [0.25, 0.3) is 5.91 Å². The number of nitrogens with one attached hydrogen (secondary N) is 1. The minimum Gasteiger partial charge on any atom is -0.354 e. The Balaban J connectivity index is 1.93. The van der Waals surface area contributed by atoms with Crippen LogP contribution >= 0.6 is 0 Å². The maximum absolute atomic E-state index is 11.4. The second-order valence-corrected chi connectivity index (χ2v) is 4.43. The first-order valence-corrected chi connectivity index (χ1v) is 6.19. The van der Waals surface area contributed by atoms with Gasteiger partial charge in [0.05, 0.1) is 0 Å². The van der Waals surface area contributed by atoms with Crippen LogP contribution in [0.4, 0.5) is 0 Å². The first-order chi connectivity index (χ1) is 8.29. The topological polar surface area (TPSA) is 45.2 Å². The van der Waals surface area contributed by atoms with Crippen LogP contribution in [-0.4, -0.2) is 42.5 Å². The van der Waals surface area contributed by atoms with E-state index in [2.05, 4.69) is 15.2 Å². The highest BCUT2D eigenvalue weighted by Gasteiger charge is 2.11. The summed E-state index contributed by atoms with van der Waals surface area (Å²) in [5.41, 5.74) is 1.69. The molecule has 0 spiro atoms. The van der Waals surface area contributed by atoms with Crippen molar-refractivity contribution in [2.24, 2.45) is 0 Å². The van der Waals surface area contributed by atoms with Crippen molar-refractivity contribution in [2.45, 2.75) is 19.3 Å². The van der Waals surface area contributed by atoms with Crippen LogP contribution in [0.25, 0.3) is 0 Å². The lowest BCUT2D eigenvalue weighted by atomic mass is 10.1. The molecule has 1 N–H and O–H groups in total. The molecule has 2 heterocycles. The van der Waals surface area contributed by atoms with E-state index in [1.54, 1.807) is 13.2 Å². The van der Waals surface area contributed by atoms with Crippen LogP contribution in [0.3, 0.4) is 0 Å². The van der Waals surface area contributed by atoms with Gasteiger partial charge in [0, 0.05) is 19.8 Å². The van der Waals surface area contributed by atoms with E-state index < -0.39 is 0 Å². The molecule has 1 aliphatic rings. The largest absolute Gasteiger partial charge is 0.354 e.